The molecule has 0 fully saturated rings. The second kappa shape index (κ2) is 7.16. The summed E-state index contributed by atoms with van der Waals surface area (Å²) >= 11 is 3.35. The second-order valence-electron chi connectivity index (χ2n) is 6.25. The molecule has 5 heteroatoms. The van der Waals surface area contributed by atoms with Gasteiger partial charge in [0.05, 0.1) is 5.56 Å². The number of alkyl halides is 3. The van der Waals surface area contributed by atoms with Crippen LogP contribution in [-0.4, -0.2) is 0 Å². The Labute approximate surface area is 159 Å². The number of anilines is 2. The van der Waals surface area contributed by atoms with Crippen LogP contribution in [-0.2, 0) is 6.18 Å². The highest BCUT2D eigenvalue weighted by atomic mass is 79.9. The molecule has 3 aromatic carbocycles. The molecule has 0 aliphatic heterocycles. The Balaban J connectivity index is 2.08. The Morgan fingerprint density at radius 2 is 1.50 bits per heavy atom. The minimum atomic E-state index is -4.41. The van der Waals surface area contributed by atoms with Crippen LogP contribution in [0.15, 0.2) is 65.1 Å². The number of benzene rings is 3. The Kier molecular flexibility index (Phi) is 5.10. The zero-order valence-corrected chi connectivity index (χ0v) is 15.9. The van der Waals surface area contributed by atoms with E-state index in [1.807, 2.05) is 44.2 Å². The van der Waals surface area contributed by atoms with E-state index >= 15 is 0 Å². The maximum Gasteiger partial charge on any atom is 0.416 e. The molecule has 0 atom stereocenters. The van der Waals surface area contributed by atoms with Crippen LogP contribution in [0, 0.1) is 13.8 Å². The highest BCUT2D eigenvalue weighted by Gasteiger charge is 2.31. The molecule has 0 unspecified atom stereocenters. The number of rotatable bonds is 3. The summed E-state index contributed by atoms with van der Waals surface area (Å²) in [6.45, 7) is 3.87. The van der Waals surface area contributed by atoms with Gasteiger partial charge in [0, 0.05) is 15.8 Å². The standard InChI is InChI=1S/C21H17BrF3N/c1-13-3-4-14(2)20(9-13)26-19-11-16(10-17(12-19)21(23,24)25)15-5-7-18(22)8-6-15/h3-12,26H,1-2H3. The van der Waals surface area contributed by atoms with Crippen molar-refractivity contribution in [3.8, 4) is 11.1 Å². The van der Waals surface area contributed by atoms with Crippen molar-refractivity contribution in [2.45, 2.75) is 20.0 Å². The smallest absolute Gasteiger partial charge is 0.355 e. The summed E-state index contributed by atoms with van der Waals surface area (Å²) in [6, 6.07) is 17.1. The summed E-state index contributed by atoms with van der Waals surface area (Å²) in [7, 11) is 0. The van der Waals surface area contributed by atoms with Gasteiger partial charge in [-0.2, -0.15) is 13.2 Å². The average molecular weight is 420 g/mol. The SMILES string of the molecule is Cc1ccc(C)c(Nc2cc(-c3ccc(Br)cc3)cc(C(F)(F)F)c2)c1. The van der Waals surface area contributed by atoms with E-state index in [0.717, 1.165) is 32.9 Å². The molecule has 0 aromatic heterocycles. The molecule has 3 aromatic rings. The summed E-state index contributed by atoms with van der Waals surface area (Å²) in [4.78, 5) is 0. The van der Waals surface area contributed by atoms with Gasteiger partial charge in [-0.25, -0.2) is 0 Å². The normalized spacial score (nSPS) is 11.5. The van der Waals surface area contributed by atoms with Gasteiger partial charge in [-0.1, -0.05) is 40.2 Å². The van der Waals surface area contributed by atoms with Crippen molar-refractivity contribution in [1.82, 2.24) is 0 Å². The van der Waals surface area contributed by atoms with Gasteiger partial charge in [0.25, 0.3) is 0 Å². The van der Waals surface area contributed by atoms with Crippen LogP contribution in [0.2, 0.25) is 0 Å². The zero-order valence-electron chi connectivity index (χ0n) is 14.3. The van der Waals surface area contributed by atoms with Crippen LogP contribution in [0.4, 0.5) is 24.5 Å². The monoisotopic (exact) mass is 419 g/mol. The molecule has 0 heterocycles. The van der Waals surface area contributed by atoms with Gasteiger partial charge in [-0.05, 0) is 72.5 Å². The number of hydrogen-bond acceptors (Lipinski definition) is 1. The molecule has 3 rings (SSSR count). The predicted molar refractivity (Wildman–Crippen MR) is 104 cm³/mol. The topological polar surface area (TPSA) is 12.0 Å². The van der Waals surface area contributed by atoms with Crippen molar-refractivity contribution in [2.24, 2.45) is 0 Å². The van der Waals surface area contributed by atoms with Crippen LogP contribution in [0.25, 0.3) is 11.1 Å². The number of aryl methyl sites for hydroxylation is 2. The van der Waals surface area contributed by atoms with Crippen molar-refractivity contribution in [2.75, 3.05) is 5.32 Å². The molecule has 0 spiro atoms. The first-order valence-corrected chi connectivity index (χ1v) is 8.84. The van der Waals surface area contributed by atoms with Gasteiger partial charge in [0.1, 0.15) is 0 Å². The van der Waals surface area contributed by atoms with Crippen molar-refractivity contribution in [1.29, 1.82) is 0 Å². The lowest BCUT2D eigenvalue weighted by atomic mass is 10.0. The Morgan fingerprint density at radius 1 is 0.808 bits per heavy atom. The largest absolute Gasteiger partial charge is 0.416 e. The summed E-state index contributed by atoms with van der Waals surface area (Å²) in [6.07, 6.45) is -4.41. The molecule has 1 nitrogen and oxygen atoms in total. The van der Waals surface area contributed by atoms with Crippen LogP contribution in [0.1, 0.15) is 16.7 Å². The van der Waals surface area contributed by atoms with Crippen LogP contribution in [0.3, 0.4) is 0 Å². The molecule has 0 bridgehead atoms. The molecule has 0 amide bonds. The predicted octanol–water partition coefficient (Wildman–Crippen LogP) is 7.50. The van der Waals surface area contributed by atoms with Crippen LogP contribution in [0.5, 0.6) is 0 Å². The quantitative estimate of drug-likeness (QED) is 0.463. The average Bonchev–Trinajstić information content (AvgIpc) is 2.58. The molecule has 0 radical (unpaired) electrons. The third-order valence-corrected chi connectivity index (χ3v) is 4.64. The molecule has 0 saturated carbocycles. The minimum Gasteiger partial charge on any atom is -0.355 e. The van der Waals surface area contributed by atoms with E-state index in [-0.39, 0.29) is 0 Å². The Hall–Kier alpha value is -2.27. The van der Waals surface area contributed by atoms with Crippen LogP contribution < -0.4 is 5.32 Å². The number of hydrogen-bond donors (Lipinski definition) is 1. The molecule has 1 N–H and O–H groups in total. The Bertz CT molecular complexity index is 931. The van der Waals surface area contributed by atoms with Crippen molar-refractivity contribution >= 4 is 27.3 Å². The molecule has 0 saturated heterocycles. The number of halogens is 4. The summed E-state index contributed by atoms with van der Waals surface area (Å²) in [5, 5.41) is 3.14. The fraction of sp³-hybridized carbons (Fsp3) is 0.143. The van der Waals surface area contributed by atoms with Crippen molar-refractivity contribution in [3.05, 3.63) is 81.8 Å². The molecular weight excluding hydrogens is 403 g/mol. The first-order valence-electron chi connectivity index (χ1n) is 8.05. The highest BCUT2D eigenvalue weighted by molar-refractivity contribution is 9.10. The fourth-order valence-electron chi connectivity index (χ4n) is 2.70. The minimum absolute atomic E-state index is 0.409. The van der Waals surface area contributed by atoms with E-state index in [9.17, 15) is 13.2 Å². The molecule has 0 aliphatic rings. The molecule has 26 heavy (non-hydrogen) atoms. The molecular formula is C21H17BrF3N. The third-order valence-electron chi connectivity index (χ3n) is 4.11. The Morgan fingerprint density at radius 3 is 2.15 bits per heavy atom. The van der Waals surface area contributed by atoms with E-state index in [0.29, 0.717) is 11.3 Å². The molecule has 0 aliphatic carbocycles. The summed E-state index contributed by atoms with van der Waals surface area (Å²) in [5.74, 6) is 0. The van der Waals surface area contributed by atoms with E-state index < -0.39 is 11.7 Å². The van der Waals surface area contributed by atoms with Crippen molar-refractivity contribution in [3.63, 3.8) is 0 Å². The van der Waals surface area contributed by atoms with Gasteiger partial charge in [-0.3, -0.25) is 0 Å². The maximum atomic E-state index is 13.4. The highest BCUT2D eigenvalue weighted by Crippen LogP contribution is 2.36. The second-order valence-corrected chi connectivity index (χ2v) is 7.16. The zero-order chi connectivity index (χ0) is 18.9. The number of nitrogens with one attached hydrogen (secondary N) is 1. The van der Waals surface area contributed by atoms with Crippen molar-refractivity contribution < 1.29 is 13.2 Å². The lowest BCUT2D eigenvalue weighted by Crippen LogP contribution is -2.06. The molecule has 134 valence electrons. The van der Waals surface area contributed by atoms with E-state index in [1.165, 1.54) is 6.07 Å². The van der Waals surface area contributed by atoms with E-state index in [4.69, 9.17) is 0 Å². The summed E-state index contributed by atoms with van der Waals surface area (Å²) in [5.41, 5.74) is 3.78. The first-order chi connectivity index (χ1) is 12.2. The van der Waals surface area contributed by atoms with E-state index in [2.05, 4.69) is 21.2 Å². The first kappa shape index (κ1) is 18.5. The van der Waals surface area contributed by atoms with Gasteiger partial charge in [0.2, 0.25) is 0 Å². The lowest BCUT2D eigenvalue weighted by molar-refractivity contribution is -0.137. The van der Waals surface area contributed by atoms with Gasteiger partial charge in [-0.15, -0.1) is 0 Å². The van der Waals surface area contributed by atoms with E-state index in [1.54, 1.807) is 18.2 Å². The van der Waals surface area contributed by atoms with Gasteiger partial charge in [0.15, 0.2) is 0 Å². The van der Waals surface area contributed by atoms with Gasteiger partial charge < -0.3 is 5.32 Å². The summed E-state index contributed by atoms with van der Waals surface area (Å²) < 4.78 is 41.0. The fourth-order valence-corrected chi connectivity index (χ4v) is 2.96. The van der Waals surface area contributed by atoms with Crippen LogP contribution >= 0.6 is 15.9 Å². The lowest BCUT2D eigenvalue weighted by Gasteiger charge is -2.15. The third kappa shape index (κ3) is 4.28. The van der Waals surface area contributed by atoms with Gasteiger partial charge >= 0.3 is 6.18 Å². The maximum absolute atomic E-state index is 13.4.